The topological polar surface area (TPSA) is 95.5 Å². The van der Waals surface area contributed by atoms with E-state index in [0.717, 1.165) is 0 Å². The van der Waals surface area contributed by atoms with Gasteiger partial charge in [0, 0.05) is 0 Å². The molecule has 1 rings (SSSR count). The Morgan fingerprint density at radius 1 is 1.00 bits per heavy atom. The van der Waals surface area contributed by atoms with Gasteiger partial charge in [0.25, 0.3) is 0 Å². The van der Waals surface area contributed by atoms with Gasteiger partial charge < -0.3 is 18.9 Å². The summed E-state index contributed by atoms with van der Waals surface area (Å²) in [6.07, 6.45) is -0.276. The van der Waals surface area contributed by atoms with Crippen LogP contribution in [-0.2, 0) is 9.47 Å². The predicted molar refractivity (Wildman–Crippen MR) is 96.8 cm³/mol. The highest BCUT2D eigenvalue weighted by Gasteiger charge is 2.20. The van der Waals surface area contributed by atoms with E-state index < -0.39 is 23.5 Å². The quantitative estimate of drug-likeness (QED) is 0.376. The molecule has 1 N–H and O–H groups in total. The summed E-state index contributed by atoms with van der Waals surface area (Å²) in [5.41, 5.74) is 1.26. The first-order chi connectivity index (χ1) is 11.9. The van der Waals surface area contributed by atoms with Crippen molar-refractivity contribution in [3.05, 3.63) is 23.8 Å². The van der Waals surface area contributed by atoms with Gasteiger partial charge in [0.05, 0.1) is 18.9 Å². The van der Waals surface area contributed by atoms with Crippen LogP contribution in [0.5, 0.6) is 11.5 Å². The number of carbonyl (C=O) groups is 2. The molecule has 1 amide bonds. The van der Waals surface area contributed by atoms with Crippen LogP contribution in [0.1, 0.15) is 47.1 Å². The smallest absolute Gasteiger partial charge is 0.496 e. The van der Waals surface area contributed by atoms with Gasteiger partial charge in [0.1, 0.15) is 22.7 Å². The molecule has 0 spiro atoms. The summed E-state index contributed by atoms with van der Waals surface area (Å²) < 4.78 is 20.7. The maximum absolute atomic E-state index is 11.9. The number of rotatable bonds is 4. The molecule has 26 heavy (non-hydrogen) atoms. The molecule has 0 bridgehead atoms. The van der Waals surface area contributed by atoms with Crippen LogP contribution < -0.4 is 14.9 Å². The van der Waals surface area contributed by atoms with Crippen molar-refractivity contribution in [3.8, 4) is 11.5 Å². The van der Waals surface area contributed by atoms with Gasteiger partial charge in [-0.3, -0.25) is 0 Å². The summed E-state index contributed by atoms with van der Waals surface area (Å²) in [5.74, 6) is 0.578. The van der Waals surface area contributed by atoms with Crippen molar-refractivity contribution in [3.63, 3.8) is 0 Å². The standard InChI is InChI=1S/C18H26N2O6/c1-17(2,3)25-15(21)20-19-11-12-13(23-7)9-8-10-14(12)24-16(22)26-18(4,5)6/h8-11H,1-7H3,(H,20,21)/b19-11+. The molecule has 144 valence electrons. The summed E-state index contributed by atoms with van der Waals surface area (Å²) >= 11 is 0. The largest absolute Gasteiger partial charge is 0.514 e. The SMILES string of the molecule is COc1cccc(OC(=O)OC(C)(C)C)c1/C=N/NC(=O)OC(C)(C)C. The van der Waals surface area contributed by atoms with E-state index in [1.165, 1.54) is 13.3 Å². The molecule has 0 heterocycles. The molecule has 0 unspecified atom stereocenters. The lowest BCUT2D eigenvalue weighted by molar-refractivity contribution is 0.0205. The fourth-order valence-corrected chi connectivity index (χ4v) is 1.73. The minimum atomic E-state index is -0.861. The molecule has 0 aliphatic heterocycles. The highest BCUT2D eigenvalue weighted by molar-refractivity contribution is 5.89. The van der Waals surface area contributed by atoms with Crippen molar-refractivity contribution < 1.29 is 28.5 Å². The van der Waals surface area contributed by atoms with Gasteiger partial charge >= 0.3 is 12.2 Å². The molecule has 8 nitrogen and oxygen atoms in total. The van der Waals surface area contributed by atoms with E-state index in [1.54, 1.807) is 59.7 Å². The number of benzene rings is 1. The van der Waals surface area contributed by atoms with Crippen molar-refractivity contribution in [1.29, 1.82) is 0 Å². The average molecular weight is 366 g/mol. The molecule has 0 aliphatic rings. The molecule has 0 radical (unpaired) electrons. The van der Waals surface area contributed by atoms with Gasteiger partial charge in [-0.05, 0) is 53.7 Å². The van der Waals surface area contributed by atoms with E-state index in [2.05, 4.69) is 10.5 Å². The highest BCUT2D eigenvalue weighted by atomic mass is 16.7. The van der Waals surface area contributed by atoms with Gasteiger partial charge in [0.2, 0.25) is 0 Å². The van der Waals surface area contributed by atoms with E-state index in [0.29, 0.717) is 11.3 Å². The maximum Gasteiger partial charge on any atom is 0.514 e. The lowest BCUT2D eigenvalue weighted by Gasteiger charge is -2.19. The normalized spacial score (nSPS) is 11.8. The molecule has 0 saturated carbocycles. The van der Waals surface area contributed by atoms with Crippen LogP contribution in [0.25, 0.3) is 0 Å². The second-order valence-electron chi connectivity index (χ2n) is 7.31. The van der Waals surface area contributed by atoms with Crippen molar-refractivity contribution in [2.75, 3.05) is 7.11 Å². The number of amides is 1. The van der Waals surface area contributed by atoms with Gasteiger partial charge in [-0.15, -0.1) is 0 Å². The zero-order chi connectivity index (χ0) is 20.0. The molecule has 0 atom stereocenters. The Morgan fingerprint density at radius 3 is 2.12 bits per heavy atom. The monoisotopic (exact) mass is 366 g/mol. The van der Waals surface area contributed by atoms with E-state index in [4.69, 9.17) is 18.9 Å². The summed E-state index contributed by atoms with van der Waals surface area (Å²) in [6.45, 7) is 10.4. The Balaban J connectivity index is 2.93. The Labute approximate surface area is 153 Å². The zero-order valence-corrected chi connectivity index (χ0v) is 16.2. The van der Waals surface area contributed by atoms with Gasteiger partial charge in [0.15, 0.2) is 0 Å². The lowest BCUT2D eigenvalue weighted by atomic mass is 10.2. The fourth-order valence-electron chi connectivity index (χ4n) is 1.73. The first kappa shape index (κ1) is 21.3. The van der Waals surface area contributed by atoms with Gasteiger partial charge in [-0.1, -0.05) is 6.07 Å². The van der Waals surface area contributed by atoms with Crippen molar-refractivity contribution >= 4 is 18.5 Å². The number of hydrogen-bond donors (Lipinski definition) is 1. The molecule has 1 aromatic carbocycles. The van der Waals surface area contributed by atoms with E-state index in [9.17, 15) is 9.59 Å². The van der Waals surface area contributed by atoms with Crippen LogP contribution in [0.3, 0.4) is 0 Å². The number of hydrogen-bond acceptors (Lipinski definition) is 7. The number of ether oxygens (including phenoxy) is 4. The Hall–Kier alpha value is -2.77. The third kappa shape index (κ3) is 7.87. The van der Waals surface area contributed by atoms with Crippen molar-refractivity contribution in [2.45, 2.75) is 52.7 Å². The van der Waals surface area contributed by atoms with E-state index in [-0.39, 0.29) is 5.75 Å². The summed E-state index contributed by atoms with van der Waals surface area (Å²) in [6, 6.07) is 4.87. The van der Waals surface area contributed by atoms with Crippen molar-refractivity contribution in [1.82, 2.24) is 5.43 Å². The van der Waals surface area contributed by atoms with Crippen LogP contribution in [0, 0.1) is 0 Å². The summed E-state index contributed by atoms with van der Waals surface area (Å²) in [5, 5.41) is 3.82. The van der Waals surface area contributed by atoms with Crippen LogP contribution in [-0.4, -0.2) is 36.8 Å². The third-order valence-electron chi connectivity index (χ3n) is 2.58. The average Bonchev–Trinajstić information content (AvgIpc) is 2.44. The Kier molecular flexibility index (Phi) is 7.00. The minimum absolute atomic E-state index is 0.174. The summed E-state index contributed by atoms with van der Waals surface area (Å²) in [7, 11) is 1.46. The molecule has 0 saturated heterocycles. The second kappa shape index (κ2) is 8.55. The van der Waals surface area contributed by atoms with E-state index >= 15 is 0 Å². The minimum Gasteiger partial charge on any atom is -0.496 e. The number of hydrazone groups is 1. The Bertz CT molecular complexity index is 671. The predicted octanol–water partition coefficient (Wildman–Crippen LogP) is 3.87. The van der Waals surface area contributed by atoms with Crippen molar-refractivity contribution in [2.24, 2.45) is 5.10 Å². The number of nitrogens with one attached hydrogen (secondary N) is 1. The zero-order valence-electron chi connectivity index (χ0n) is 16.2. The molecular formula is C18H26N2O6. The molecular weight excluding hydrogens is 340 g/mol. The third-order valence-corrected chi connectivity index (χ3v) is 2.58. The van der Waals surface area contributed by atoms with Gasteiger partial charge in [-0.2, -0.15) is 5.10 Å². The molecule has 8 heteroatoms. The van der Waals surface area contributed by atoms with Crippen LogP contribution in [0.15, 0.2) is 23.3 Å². The fraction of sp³-hybridized carbons (Fsp3) is 0.500. The van der Waals surface area contributed by atoms with Crippen LogP contribution in [0.2, 0.25) is 0 Å². The van der Waals surface area contributed by atoms with Gasteiger partial charge in [-0.25, -0.2) is 15.0 Å². The Morgan fingerprint density at radius 2 is 1.58 bits per heavy atom. The molecule has 0 aliphatic carbocycles. The van der Waals surface area contributed by atoms with E-state index in [1.807, 2.05) is 0 Å². The first-order valence-corrected chi connectivity index (χ1v) is 8.01. The second-order valence-corrected chi connectivity index (χ2v) is 7.31. The highest BCUT2D eigenvalue weighted by Crippen LogP contribution is 2.27. The van der Waals surface area contributed by atoms with Crippen LogP contribution >= 0.6 is 0 Å². The number of carbonyl (C=O) groups excluding carboxylic acids is 2. The van der Waals surface area contributed by atoms with Crippen LogP contribution in [0.4, 0.5) is 9.59 Å². The molecule has 0 fully saturated rings. The molecule has 0 aromatic heterocycles. The lowest BCUT2D eigenvalue weighted by Crippen LogP contribution is -2.29. The number of nitrogens with zero attached hydrogens (tertiary/aromatic N) is 1. The maximum atomic E-state index is 11.9. The summed E-state index contributed by atoms with van der Waals surface area (Å²) in [4.78, 5) is 23.5. The molecule has 1 aromatic rings. The first-order valence-electron chi connectivity index (χ1n) is 8.01. The number of methoxy groups -OCH3 is 1.